The Morgan fingerprint density at radius 3 is 2.25 bits per heavy atom. The monoisotopic (exact) mass is 490 g/mol. The molecule has 4 rings (SSSR count). The lowest BCUT2D eigenvalue weighted by molar-refractivity contribution is 0.00718. The van der Waals surface area contributed by atoms with E-state index in [1.54, 1.807) is 63.2 Å². The summed E-state index contributed by atoms with van der Waals surface area (Å²) < 4.78 is 17.1. The van der Waals surface area contributed by atoms with Gasteiger partial charge in [0.1, 0.15) is 18.0 Å². The lowest BCUT2D eigenvalue weighted by Crippen LogP contribution is -2.33. The molecule has 1 aliphatic heterocycles. The van der Waals surface area contributed by atoms with Crippen molar-refractivity contribution in [1.29, 1.82) is 0 Å². The lowest BCUT2D eigenvalue weighted by Gasteiger charge is -2.26. The molecule has 1 fully saturated rings. The van der Waals surface area contributed by atoms with Crippen molar-refractivity contribution in [2.45, 2.75) is 45.6 Å². The average molecular weight is 491 g/mol. The number of hydrogen-bond donors (Lipinski definition) is 1. The lowest BCUT2D eigenvalue weighted by atomic mass is 10.0. The SMILES string of the molecule is CC(C)(C)OC(=O)c1cc(N)c(OC(=O)c2ccc(OCCN3CCCCC3)cc2)c2ccccc12. The van der Waals surface area contributed by atoms with E-state index < -0.39 is 17.5 Å². The molecule has 1 aliphatic rings. The van der Waals surface area contributed by atoms with E-state index in [2.05, 4.69) is 4.90 Å². The van der Waals surface area contributed by atoms with Crippen LogP contribution >= 0.6 is 0 Å². The summed E-state index contributed by atoms with van der Waals surface area (Å²) in [6.07, 6.45) is 3.81. The number of ether oxygens (including phenoxy) is 3. The Morgan fingerprint density at radius 2 is 1.58 bits per heavy atom. The van der Waals surface area contributed by atoms with Gasteiger partial charge in [-0.25, -0.2) is 9.59 Å². The van der Waals surface area contributed by atoms with E-state index in [9.17, 15) is 9.59 Å². The highest BCUT2D eigenvalue weighted by Crippen LogP contribution is 2.36. The third kappa shape index (κ3) is 6.34. The molecule has 0 aromatic heterocycles. The molecule has 7 nitrogen and oxygen atoms in total. The minimum Gasteiger partial charge on any atom is -0.492 e. The number of rotatable bonds is 7. The first-order valence-corrected chi connectivity index (χ1v) is 12.4. The van der Waals surface area contributed by atoms with Crippen LogP contribution in [-0.4, -0.2) is 48.7 Å². The maximum atomic E-state index is 12.9. The van der Waals surface area contributed by atoms with Crippen LogP contribution in [0.2, 0.25) is 0 Å². The minimum absolute atomic E-state index is 0.181. The standard InChI is InChI=1S/C29H34N2O5/c1-29(2,3)36-28(33)24-19-25(30)26(23-10-6-5-9-22(23)24)35-27(32)20-11-13-21(14-12-20)34-18-17-31-15-7-4-8-16-31/h5-6,9-14,19H,4,7-8,15-18,30H2,1-3H3. The molecule has 3 aromatic carbocycles. The van der Waals surface area contributed by atoms with E-state index in [1.165, 1.54) is 25.3 Å². The van der Waals surface area contributed by atoms with Crippen molar-refractivity contribution in [2.24, 2.45) is 0 Å². The van der Waals surface area contributed by atoms with E-state index in [1.807, 2.05) is 6.07 Å². The number of hydrogen-bond acceptors (Lipinski definition) is 7. The van der Waals surface area contributed by atoms with Crippen molar-refractivity contribution in [3.05, 3.63) is 65.7 Å². The molecule has 0 unspecified atom stereocenters. The normalized spacial score (nSPS) is 14.4. The zero-order valence-corrected chi connectivity index (χ0v) is 21.2. The van der Waals surface area contributed by atoms with Crippen LogP contribution in [0.5, 0.6) is 11.5 Å². The van der Waals surface area contributed by atoms with Crippen molar-refractivity contribution in [3.8, 4) is 11.5 Å². The van der Waals surface area contributed by atoms with Crippen molar-refractivity contribution < 1.29 is 23.8 Å². The number of anilines is 1. The summed E-state index contributed by atoms with van der Waals surface area (Å²) in [4.78, 5) is 28.1. The van der Waals surface area contributed by atoms with Gasteiger partial charge in [-0.3, -0.25) is 4.90 Å². The highest BCUT2D eigenvalue weighted by Gasteiger charge is 2.23. The predicted molar refractivity (Wildman–Crippen MR) is 141 cm³/mol. The third-order valence-corrected chi connectivity index (χ3v) is 6.05. The second-order valence-corrected chi connectivity index (χ2v) is 10.1. The topological polar surface area (TPSA) is 91.1 Å². The number of likely N-dealkylation sites (tertiary alicyclic amines) is 1. The van der Waals surface area contributed by atoms with Gasteiger partial charge >= 0.3 is 11.9 Å². The van der Waals surface area contributed by atoms with E-state index in [-0.39, 0.29) is 11.4 Å². The molecule has 0 radical (unpaired) electrons. The van der Waals surface area contributed by atoms with Gasteiger partial charge in [0.15, 0.2) is 5.75 Å². The molecular formula is C29H34N2O5. The van der Waals surface area contributed by atoms with E-state index >= 15 is 0 Å². The molecule has 36 heavy (non-hydrogen) atoms. The van der Waals surface area contributed by atoms with Gasteiger partial charge in [0.05, 0.1) is 16.8 Å². The van der Waals surface area contributed by atoms with Gasteiger partial charge in [-0.15, -0.1) is 0 Å². The molecular weight excluding hydrogens is 456 g/mol. The summed E-state index contributed by atoms with van der Waals surface area (Å²) in [6.45, 7) is 9.17. The van der Waals surface area contributed by atoms with Gasteiger partial charge in [-0.1, -0.05) is 30.7 Å². The molecule has 0 aliphatic carbocycles. The van der Waals surface area contributed by atoms with Gasteiger partial charge in [0.2, 0.25) is 0 Å². The summed E-state index contributed by atoms with van der Waals surface area (Å²) in [5.41, 5.74) is 6.47. The second-order valence-electron chi connectivity index (χ2n) is 10.1. The largest absolute Gasteiger partial charge is 0.492 e. The molecule has 0 spiro atoms. The van der Waals surface area contributed by atoms with Crippen molar-refractivity contribution >= 4 is 28.4 Å². The number of piperidine rings is 1. The fourth-order valence-electron chi connectivity index (χ4n) is 4.30. The molecule has 190 valence electrons. The third-order valence-electron chi connectivity index (χ3n) is 6.05. The Bertz CT molecular complexity index is 1220. The number of nitrogen functional groups attached to an aromatic ring is 1. The average Bonchev–Trinajstić information content (AvgIpc) is 2.85. The number of nitrogens with two attached hydrogens (primary N) is 1. The number of fused-ring (bicyclic) bond motifs is 1. The van der Waals surface area contributed by atoms with Crippen LogP contribution in [0, 0.1) is 0 Å². The smallest absolute Gasteiger partial charge is 0.343 e. The first-order chi connectivity index (χ1) is 17.2. The predicted octanol–water partition coefficient (Wildman–Crippen LogP) is 5.46. The quantitative estimate of drug-likeness (QED) is 0.267. The fourth-order valence-corrected chi connectivity index (χ4v) is 4.30. The Balaban J connectivity index is 1.46. The van der Waals surface area contributed by atoms with Crippen LogP contribution in [-0.2, 0) is 4.74 Å². The Labute approximate surface area is 212 Å². The maximum absolute atomic E-state index is 12.9. The molecule has 1 saturated heterocycles. The Kier molecular flexibility index (Phi) is 7.79. The molecule has 0 atom stereocenters. The summed E-state index contributed by atoms with van der Waals surface area (Å²) in [7, 11) is 0. The van der Waals surface area contributed by atoms with Crippen LogP contribution in [0.15, 0.2) is 54.6 Å². The minimum atomic E-state index is -0.651. The van der Waals surface area contributed by atoms with Crippen molar-refractivity contribution in [1.82, 2.24) is 4.90 Å². The first kappa shape index (κ1) is 25.5. The van der Waals surface area contributed by atoms with Gasteiger partial charge in [0, 0.05) is 17.3 Å². The molecule has 0 amide bonds. The molecule has 7 heteroatoms. The van der Waals surface area contributed by atoms with Gasteiger partial charge < -0.3 is 19.9 Å². The molecule has 3 aromatic rings. The van der Waals surface area contributed by atoms with E-state index in [0.717, 1.165) is 19.6 Å². The number of carbonyl (C=O) groups excluding carboxylic acids is 2. The van der Waals surface area contributed by atoms with Crippen LogP contribution in [0.3, 0.4) is 0 Å². The number of benzene rings is 3. The first-order valence-electron chi connectivity index (χ1n) is 12.4. The maximum Gasteiger partial charge on any atom is 0.343 e. The summed E-state index contributed by atoms with van der Waals surface area (Å²) in [5.74, 6) is -0.115. The highest BCUT2D eigenvalue weighted by atomic mass is 16.6. The van der Waals surface area contributed by atoms with Crippen molar-refractivity contribution in [3.63, 3.8) is 0 Å². The van der Waals surface area contributed by atoms with Gasteiger partial charge in [0.25, 0.3) is 0 Å². The number of esters is 2. The fraction of sp³-hybridized carbons (Fsp3) is 0.379. The molecule has 0 saturated carbocycles. The summed E-state index contributed by atoms with van der Waals surface area (Å²) in [6, 6.07) is 15.5. The number of carbonyl (C=O) groups is 2. The zero-order chi connectivity index (χ0) is 25.7. The molecule has 2 N–H and O–H groups in total. The molecule has 1 heterocycles. The molecule has 0 bridgehead atoms. The van der Waals surface area contributed by atoms with Gasteiger partial charge in [-0.2, -0.15) is 0 Å². The summed E-state index contributed by atoms with van der Waals surface area (Å²) in [5, 5.41) is 1.16. The summed E-state index contributed by atoms with van der Waals surface area (Å²) >= 11 is 0. The van der Waals surface area contributed by atoms with Crippen LogP contribution in [0.25, 0.3) is 10.8 Å². The zero-order valence-electron chi connectivity index (χ0n) is 21.2. The van der Waals surface area contributed by atoms with Crippen LogP contribution < -0.4 is 15.2 Å². The number of nitrogens with zero attached hydrogens (tertiary/aromatic N) is 1. The second kappa shape index (κ2) is 11.0. The Hall–Kier alpha value is -3.58. The van der Waals surface area contributed by atoms with E-state index in [4.69, 9.17) is 19.9 Å². The Morgan fingerprint density at radius 1 is 0.917 bits per heavy atom. The van der Waals surface area contributed by atoms with Crippen LogP contribution in [0.1, 0.15) is 60.7 Å². The van der Waals surface area contributed by atoms with E-state index in [0.29, 0.717) is 34.3 Å². The highest BCUT2D eigenvalue weighted by molar-refractivity contribution is 6.09. The van der Waals surface area contributed by atoms with Gasteiger partial charge in [-0.05, 0) is 77.0 Å². The van der Waals surface area contributed by atoms with Crippen molar-refractivity contribution in [2.75, 3.05) is 32.0 Å². The van der Waals surface area contributed by atoms with Crippen LogP contribution in [0.4, 0.5) is 5.69 Å².